The summed E-state index contributed by atoms with van der Waals surface area (Å²) in [6.07, 6.45) is 3.81. The number of hydrogen-bond acceptors (Lipinski definition) is 2. The molecule has 1 unspecified atom stereocenters. The monoisotopic (exact) mass is 181 g/mol. The second-order valence-corrected chi connectivity index (χ2v) is 3.33. The van der Waals surface area contributed by atoms with Gasteiger partial charge in [0.25, 0.3) is 0 Å². The molecule has 0 heterocycles. The topological polar surface area (TPSA) is 43.1 Å². The molecule has 0 amide bonds. The summed E-state index contributed by atoms with van der Waals surface area (Å²) in [7, 11) is 0. The van der Waals surface area contributed by atoms with Crippen molar-refractivity contribution >= 4 is 5.78 Å². The van der Waals surface area contributed by atoms with Crippen LogP contribution < -0.4 is 5.73 Å². The smallest absolute Gasteiger partial charge is 0.133 e. The van der Waals surface area contributed by atoms with E-state index < -0.39 is 0 Å². The Labute approximate surface area is 80.9 Å². The molecule has 0 bridgehead atoms. The third-order valence-electron chi connectivity index (χ3n) is 1.82. The summed E-state index contributed by atoms with van der Waals surface area (Å²) in [4.78, 5) is 11.2. The standard InChI is InChI=1S/C11H19NO/c1-3-4-5-8-11(13)9-6-7-10(2)12/h10H,5-9,12H2,1-2H3. The predicted octanol–water partition coefficient (Wildman–Crippen LogP) is 1.88. The van der Waals surface area contributed by atoms with Gasteiger partial charge in [0.05, 0.1) is 0 Å². The van der Waals surface area contributed by atoms with Gasteiger partial charge in [-0.05, 0) is 26.7 Å². The molecule has 0 aromatic rings. The van der Waals surface area contributed by atoms with Crippen molar-refractivity contribution in [1.82, 2.24) is 0 Å². The van der Waals surface area contributed by atoms with Crippen molar-refractivity contribution in [3.63, 3.8) is 0 Å². The minimum absolute atomic E-state index is 0.211. The summed E-state index contributed by atoms with van der Waals surface area (Å²) in [6.45, 7) is 3.76. The van der Waals surface area contributed by atoms with Gasteiger partial charge in [-0.3, -0.25) is 4.79 Å². The number of carbonyl (C=O) groups excluding carboxylic acids is 1. The van der Waals surface area contributed by atoms with Crippen molar-refractivity contribution in [2.45, 2.75) is 52.0 Å². The predicted molar refractivity (Wildman–Crippen MR) is 55.2 cm³/mol. The average Bonchev–Trinajstić information content (AvgIpc) is 2.04. The lowest BCUT2D eigenvalue weighted by atomic mass is 10.1. The lowest BCUT2D eigenvalue weighted by molar-refractivity contribution is -0.119. The molecule has 0 rings (SSSR count). The van der Waals surface area contributed by atoms with Crippen molar-refractivity contribution in [3.8, 4) is 11.8 Å². The Balaban J connectivity index is 3.34. The van der Waals surface area contributed by atoms with Crippen LogP contribution in [0.4, 0.5) is 0 Å². The van der Waals surface area contributed by atoms with Gasteiger partial charge in [-0.2, -0.15) is 0 Å². The summed E-state index contributed by atoms with van der Waals surface area (Å²) in [5.41, 5.74) is 5.57. The van der Waals surface area contributed by atoms with Crippen LogP contribution in [0, 0.1) is 11.8 Å². The van der Waals surface area contributed by atoms with E-state index in [4.69, 9.17) is 5.73 Å². The van der Waals surface area contributed by atoms with Gasteiger partial charge in [-0.1, -0.05) is 0 Å². The average molecular weight is 181 g/mol. The van der Waals surface area contributed by atoms with Crippen LogP contribution in [0.15, 0.2) is 0 Å². The molecular formula is C11H19NO. The van der Waals surface area contributed by atoms with E-state index in [2.05, 4.69) is 11.8 Å². The molecule has 0 aliphatic carbocycles. The largest absolute Gasteiger partial charge is 0.328 e. The molecule has 1 atom stereocenters. The van der Waals surface area contributed by atoms with Gasteiger partial charge in [0, 0.05) is 25.3 Å². The summed E-state index contributed by atoms with van der Waals surface area (Å²) in [6, 6.07) is 0.211. The molecule has 0 spiro atoms. The summed E-state index contributed by atoms with van der Waals surface area (Å²) in [5.74, 6) is 5.97. The van der Waals surface area contributed by atoms with Crippen LogP contribution in [0.2, 0.25) is 0 Å². The minimum atomic E-state index is 0.211. The number of carbonyl (C=O) groups is 1. The maximum Gasteiger partial charge on any atom is 0.133 e. The molecule has 0 aromatic carbocycles. The van der Waals surface area contributed by atoms with E-state index >= 15 is 0 Å². The lowest BCUT2D eigenvalue weighted by Crippen LogP contribution is -2.14. The maximum atomic E-state index is 11.2. The molecular weight excluding hydrogens is 162 g/mol. The van der Waals surface area contributed by atoms with Gasteiger partial charge in [0.1, 0.15) is 5.78 Å². The molecule has 2 N–H and O–H groups in total. The van der Waals surface area contributed by atoms with Crippen molar-refractivity contribution in [2.75, 3.05) is 0 Å². The van der Waals surface area contributed by atoms with E-state index in [0.29, 0.717) is 25.0 Å². The van der Waals surface area contributed by atoms with Crippen molar-refractivity contribution < 1.29 is 4.79 Å². The number of Topliss-reactive ketones (excluding diaryl/α,β-unsaturated/α-hetero) is 1. The van der Waals surface area contributed by atoms with Crippen molar-refractivity contribution in [1.29, 1.82) is 0 Å². The molecule has 2 nitrogen and oxygen atoms in total. The van der Waals surface area contributed by atoms with Gasteiger partial charge < -0.3 is 5.73 Å². The summed E-state index contributed by atoms with van der Waals surface area (Å²) >= 11 is 0. The molecule has 0 aliphatic rings. The SMILES string of the molecule is CC#CCCC(=O)CCCC(C)N. The Morgan fingerprint density at radius 1 is 1.46 bits per heavy atom. The summed E-state index contributed by atoms with van der Waals surface area (Å²) in [5, 5.41) is 0. The zero-order valence-corrected chi connectivity index (χ0v) is 8.60. The highest BCUT2D eigenvalue weighted by atomic mass is 16.1. The minimum Gasteiger partial charge on any atom is -0.328 e. The lowest BCUT2D eigenvalue weighted by Gasteiger charge is -2.02. The van der Waals surface area contributed by atoms with Gasteiger partial charge in [0.15, 0.2) is 0 Å². The molecule has 0 fully saturated rings. The van der Waals surface area contributed by atoms with Crippen LogP contribution >= 0.6 is 0 Å². The quantitative estimate of drug-likeness (QED) is 0.636. The molecule has 13 heavy (non-hydrogen) atoms. The van der Waals surface area contributed by atoms with E-state index in [0.717, 1.165) is 12.8 Å². The first-order valence-corrected chi connectivity index (χ1v) is 4.83. The fraction of sp³-hybridized carbons (Fsp3) is 0.727. The Hall–Kier alpha value is -0.810. The molecule has 74 valence electrons. The number of hydrogen-bond donors (Lipinski definition) is 1. The first kappa shape index (κ1) is 12.2. The first-order valence-electron chi connectivity index (χ1n) is 4.83. The van der Waals surface area contributed by atoms with Crippen molar-refractivity contribution in [3.05, 3.63) is 0 Å². The van der Waals surface area contributed by atoms with Crippen LogP contribution in [-0.4, -0.2) is 11.8 Å². The molecule has 2 heteroatoms. The van der Waals surface area contributed by atoms with E-state index in [1.165, 1.54) is 0 Å². The van der Waals surface area contributed by atoms with Crippen LogP contribution in [-0.2, 0) is 4.79 Å². The molecule has 0 aliphatic heterocycles. The highest BCUT2D eigenvalue weighted by molar-refractivity contribution is 5.78. The first-order chi connectivity index (χ1) is 6.16. The summed E-state index contributed by atoms with van der Waals surface area (Å²) < 4.78 is 0. The number of rotatable bonds is 6. The van der Waals surface area contributed by atoms with Crippen LogP contribution in [0.25, 0.3) is 0 Å². The fourth-order valence-corrected chi connectivity index (χ4v) is 1.07. The van der Waals surface area contributed by atoms with E-state index in [1.54, 1.807) is 6.92 Å². The number of ketones is 1. The van der Waals surface area contributed by atoms with Crippen molar-refractivity contribution in [2.24, 2.45) is 5.73 Å². The highest BCUT2D eigenvalue weighted by Gasteiger charge is 2.01. The Bertz CT molecular complexity index is 198. The van der Waals surface area contributed by atoms with E-state index in [9.17, 15) is 4.79 Å². The van der Waals surface area contributed by atoms with Gasteiger partial charge in [0.2, 0.25) is 0 Å². The molecule has 0 saturated carbocycles. The second kappa shape index (κ2) is 7.82. The second-order valence-electron chi connectivity index (χ2n) is 3.33. The third-order valence-corrected chi connectivity index (χ3v) is 1.82. The van der Waals surface area contributed by atoms with E-state index in [1.807, 2.05) is 6.92 Å². The molecule has 0 aromatic heterocycles. The highest BCUT2D eigenvalue weighted by Crippen LogP contribution is 2.02. The third kappa shape index (κ3) is 9.10. The normalized spacial score (nSPS) is 11.6. The zero-order valence-electron chi connectivity index (χ0n) is 8.60. The molecule has 0 radical (unpaired) electrons. The maximum absolute atomic E-state index is 11.2. The van der Waals surface area contributed by atoms with Gasteiger partial charge in [-0.25, -0.2) is 0 Å². The fourth-order valence-electron chi connectivity index (χ4n) is 1.07. The van der Waals surface area contributed by atoms with Crippen LogP contribution in [0.5, 0.6) is 0 Å². The van der Waals surface area contributed by atoms with Crippen LogP contribution in [0.1, 0.15) is 46.0 Å². The van der Waals surface area contributed by atoms with E-state index in [-0.39, 0.29) is 6.04 Å². The zero-order chi connectivity index (χ0) is 10.1. The van der Waals surface area contributed by atoms with Gasteiger partial charge in [-0.15, -0.1) is 11.8 Å². The Kier molecular flexibility index (Phi) is 7.33. The van der Waals surface area contributed by atoms with Gasteiger partial charge >= 0.3 is 0 Å². The number of nitrogens with two attached hydrogens (primary N) is 1. The Morgan fingerprint density at radius 3 is 2.69 bits per heavy atom. The molecule has 0 saturated heterocycles. The Morgan fingerprint density at radius 2 is 2.15 bits per heavy atom. The van der Waals surface area contributed by atoms with Crippen LogP contribution in [0.3, 0.4) is 0 Å².